The standard InChI is InChI=1S/C17H16ClFN2/c1-12-4-2-5-13(10-12)11-21-15-7-3-6-14(19)17(15)20-16(21)8-9-18/h2-7,10H,8-9,11H2,1H3. The van der Waals surface area contributed by atoms with Crippen LogP contribution < -0.4 is 0 Å². The Kier molecular flexibility index (Phi) is 3.93. The molecule has 21 heavy (non-hydrogen) atoms. The smallest absolute Gasteiger partial charge is 0.151 e. The number of rotatable bonds is 4. The molecule has 0 atom stereocenters. The first-order valence-electron chi connectivity index (χ1n) is 6.94. The average molecular weight is 303 g/mol. The van der Waals surface area contributed by atoms with Gasteiger partial charge in [-0.1, -0.05) is 35.9 Å². The second-order valence-electron chi connectivity index (χ2n) is 5.15. The number of hydrogen-bond donors (Lipinski definition) is 0. The fourth-order valence-electron chi connectivity index (χ4n) is 2.61. The highest BCUT2D eigenvalue weighted by Crippen LogP contribution is 2.21. The van der Waals surface area contributed by atoms with Crippen molar-refractivity contribution in [2.75, 3.05) is 5.88 Å². The number of para-hydroxylation sites is 1. The number of aromatic nitrogens is 2. The Morgan fingerprint density at radius 2 is 2.00 bits per heavy atom. The molecule has 0 amide bonds. The molecule has 2 aromatic carbocycles. The van der Waals surface area contributed by atoms with E-state index in [0.29, 0.717) is 24.4 Å². The van der Waals surface area contributed by atoms with Crippen molar-refractivity contribution in [1.82, 2.24) is 9.55 Å². The summed E-state index contributed by atoms with van der Waals surface area (Å²) in [6.45, 7) is 2.74. The third-order valence-electron chi connectivity index (χ3n) is 3.55. The highest BCUT2D eigenvalue weighted by molar-refractivity contribution is 6.17. The molecule has 0 unspecified atom stereocenters. The van der Waals surface area contributed by atoms with E-state index in [-0.39, 0.29) is 5.82 Å². The zero-order valence-corrected chi connectivity index (χ0v) is 12.6. The van der Waals surface area contributed by atoms with Crippen LogP contribution >= 0.6 is 11.6 Å². The Hall–Kier alpha value is -1.87. The van der Waals surface area contributed by atoms with E-state index in [2.05, 4.69) is 34.7 Å². The number of nitrogens with zero attached hydrogens (tertiary/aromatic N) is 2. The first kappa shape index (κ1) is 14.1. The molecule has 0 fully saturated rings. The van der Waals surface area contributed by atoms with E-state index in [1.54, 1.807) is 6.07 Å². The van der Waals surface area contributed by atoms with Crippen LogP contribution in [0.3, 0.4) is 0 Å². The highest BCUT2D eigenvalue weighted by Gasteiger charge is 2.13. The van der Waals surface area contributed by atoms with Gasteiger partial charge in [-0.15, -0.1) is 11.6 Å². The van der Waals surface area contributed by atoms with Gasteiger partial charge in [0.1, 0.15) is 11.3 Å². The summed E-state index contributed by atoms with van der Waals surface area (Å²) < 4.78 is 16.0. The van der Waals surface area contributed by atoms with Crippen molar-refractivity contribution >= 4 is 22.6 Å². The largest absolute Gasteiger partial charge is 0.323 e. The van der Waals surface area contributed by atoms with Crippen molar-refractivity contribution in [3.63, 3.8) is 0 Å². The monoisotopic (exact) mass is 302 g/mol. The van der Waals surface area contributed by atoms with E-state index in [1.807, 2.05) is 12.1 Å². The maximum absolute atomic E-state index is 13.9. The third kappa shape index (κ3) is 2.79. The van der Waals surface area contributed by atoms with Crippen molar-refractivity contribution in [3.8, 4) is 0 Å². The average Bonchev–Trinajstić information content (AvgIpc) is 2.79. The summed E-state index contributed by atoms with van der Waals surface area (Å²) in [5.41, 5.74) is 3.62. The van der Waals surface area contributed by atoms with Crippen molar-refractivity contribution in [2.45, 2.75) is 19.9 Å². The van der Waals surface area contributed by atoms with Crippen LogP contribution in [0.2, 0.25) is 0 Å². The lowest BCUT2D eigenvalue weighted by Gasteiger charge is -2.09. The lowest BCUT2D eigenvalue weighted by atomic mass is 10.1. The molecular formula is C17H16ClFN2. The summed E-state index contributed by atoms with van der Waals surface area (Å²) in [4.78, 5) is 4.42. The molecule has 0 saturated carbocycles. The normalized spacial score (nSPS) is 11.2. The topological polar surface area (TPSA) is 17.8 Å². The number of hydrogen-bond acceptors (Lipinski definition) is 1. The molecule has 1 heterocycles. The second-order valence-corrected chi connectivity index (χ2v) is 5.53. The van der Waals surface area contributed by atoms with Gasteiger partial charge in [0.15, 0.2) is 5.82 Å². The molecule has 0 radical (unpaired) electrons. The first-order chi connectivity index (χ1) is 10.2. The maximum Gasteiger partial charge on any atom is 0.151 e. The summed E-state index contributed by atoms with van der Waals surface area (Å²) in [5.74, 6) is 1.01. The minimum Gasteiger partial charge on any atom is -0.323 e. The molecule has 1 aromatic heterocycles. The van der Waals surface area contributed by atoms with Gasteiger partial charge in [0.2, 0.25) is 0 Å². The van der Waals surface area contributed by atoms with E-state index in [4.69, 9.17) is 11.6 Å². The zero-order chi connectivity index (χ0) is 14.8. The van der Waals surface area contributed by atoms with Crippen LogP contribution in [0.1, 0.15) is 17.0 Å². The van der Waals surface area contributed by atoms with E-state index in [9.17, 15) is 4.39 Å². The lowest BCUT2D eigenvalue weighted by Crippen LogP contribution is -2.06. The van der Waals surface area contributed by atoms with Crippen molar-refractivity contribution in [2.24, 2.45) is 0 Å². The van der Waals surface area contributed by atoms with Crippen LogP contribution in [0.25, 0.3) is 11.0 Å². The number of aryl methyl sites for hydroxylation is 2. The molecule has 0 aliphatic heterocycles. The van der Waals surface area contributed by atoms with Gasteiger partial charge in [-0.25, -0.2) is 9.37 Å². The molecule has 0 aliphatic rings. The van der Waals surface area contributed by atoms with Gasteiger partial charge in [0.25, 0.3) is 0 Å². The van der Waals surface area contributed by atoms with Gasteiger partial charge in [0.05, 0.1) is 5.52 Å². The fourth-order valence-corrected chi connectivity index (χ4v) is 2.77. The summed E-state index contributed by atoms with van der Waals surface area (Å²) in [6.07, 6.45) is 0.626. The van der Waals surface area contributed by atoms with E-state index in [0.717, 1.165) is 11.3 Å². The van der Waals surface area contributed by atoms with Gasteiger partial charge < -0.3 is 4.57 Å². The summed E-state index contributed by atoms with van der Waals surface area (Å²) >= 11 is 5.86. The Labute approximate surface area is 128 Å². The van der Waals surface area contributed by atoms with E-state index >= 15 is 0 Å². The molecule has 3 rings (SSSR count). The molecule has 0 bridgehead atoms. The highest BCUT2D eigenvalue weighted by atomic mass is 35.5. The number of alkyl halides is 1. The van der Waals surface area contributed by atoms with Crippen LogP contribution in [0, 0.1) is 12.7 Å². The molecular weight excluding hydrogens is 287 g/mol. The van der Waals surface area contributed by atoms with Gasteiger partial charge in [-0.3, -0.25) is 0 Å². The van der Waals surface area contributed by atoms with Crippen LogP contribution in [-0.4, -0.2) is 15.4 Å². The number of halogens is 2. The summed E-state index contributed by atoms with van der Waals surface area (Å²) in [7, 11) is 0. The van der Waals surface area contributed by atoms with Gasteiger partial charge >= 0.3 is 0 Å². The molecule has 0 spiro atoms. The lowest BCUT2D eigenvalue weighted by molar-refractivity contribution is 0.637. The molecule has 108 valence electrons. The van der Waals surface area contributed by atoms with Crippen LogP contribution in [0.4, 0.5) is 4.39 Å². The van der Waals surface area contributed by atoms with E-state index < -0.39 is 0 Å². The van der Waals surface area contributed by atoms with Crippen LogP contribution in [-0.2, 0) is 13.0 Å². The Morgan fingerprint density at radius 3 is 2.76 bits per heavy atom. The van der Waals surface area contributed by atoms with Crippen LogP contribution in [0.15, 0.2) is 42.5 Å². The third-order valence-corrected chi connectivity index (χ3v) is 3.74. The predicted octanol–water partition coefficient (Wildman–Crippen LogP) is 4.31. The van der Waals surface area contributed by atoms with Crippen LogP contribution in [0.5, 0.6) is 0 Å². The van der Waals surface area contributed by atoms with Gasteiger partial charge in [-0.2, -0.15) is 0 Å². The first-order valence-corrected chi connectivity index (χ1v) is 7.47. The number of imidazole rings is 1. The van der Waals surface area contributed by atoms with Crippen molar-refractivity contribution < 1.29 is 4.39 Å². The Balaban J connectivity index is 2.11. The molecule has 4 heteroatoms. The molecule has 0 N–H and O–H groups in total. The Morgan fingerprint density at radius 1 is 1.19 bits per heavy atom. The minimum absolute atomic E-state index is 0.286. The number of benzene rings is 2. The summed E-state index contributed by atoms with van der Waals surface area (Å²) in [5, 5.41) is 0. The Bertz CT molecular complexity index is 780. The zero-order valence-electron chi connectivity index (χ0n) is 11.8. The minimum atomic E-state index is -0.286. The quantitative estimate of drug-likeness (QED) is 0.657. The second kappa shape index (κ2) is 5.86. The van der Waals surface area contributed by atoms with Gasteiger partial charge in [-0.05, 0) is 24.6 Å². The molecule has 3 aromatic rings. The molecule has 0 saturated heterocycles. The fraction of sp³-hybridized carbons (Fsp3) is 0.235. The maximum atomic E-state index is 13.9. The van der Waals surface area contributed by atoms with Crippen molar-refractivity contribution in [1.29, 1.82) is 0 Å². The summed E-state index contributed by atoms with van der Waals surface area (Å²) in [6, 6.07) is 13.4. The molecule has 0 aliphatic carbocycles. The van der Waals surface area contributed by atoms with E-state index in [1.165, 1.54) is 17.2 Å². The van der Waals surface area contributed by atoms with Crippen molar-refractivity contribution in [3.05, 3.63) is 65.2 Å². The molecule has 2 nitrogen and oxygen atoms in total. The number of fused-ring (bicyclic) bond motifs is 1. The SMILES string of the molecule is Cc1cccc(Cn2c(CCCl)nc3c(F)cccc32)c1. The predicted molar refractivity (Wildman–Crippen MR) is 84.4 cm³/mol. The van der Waals surface area contributed by atoms with Gasteiger partial charge in [0, 0.05) is 18.8 Å².